The molecule has 0 fully saturated rings. The summed E-state index contributed by atoms with van der Waals surface area (Å²) in [6.45, 7) is 6.78. The molecule has 0 heterocycles. The van der Waals surface area contributed by atoms with Crippen molar-refractivity contribution >= 4 is 5.97 Å². The first-order chi connectivity index (χ1) is 4.31. The number of carbonyl (C=O) groups is 1. The molecule has 1 radical (unpaired) electrons. The molecule has 0 saturated heterocycles. The Bertz CT molecular complexity index is 97.1. The number of ether oxygens (including phenoxy) is 1. The lowest BCUT2D eigenvalue weighted by Crippen LogP contribution is -1.98. The molecule has 0 spiro atoms. The summed E-state index contributed by atoms with van der Waals surface area (Å²) >= 11 is 0. The number of rotatable bonds is 4. The maximum absolute atomic E-state index is 10.5. The highest BCUT2D eigenvalue weighted by Gasteiger charge is 1.95. The van der Waals surface area contributed by atoms with Crippen LogP contribution in [-0.2, 0) is 9.53 Å². The zero-order chi connectivity index (χ0) is 7.11. The van der Waals surface area contributed by atoms with Gasteiger partial charge in [-0.15, -0.1) is 6.58 Å². The Morgan fingerprint density at radius 2 is 2.44 bits per heavy atom. The fourth-order valence-electron chi connectivity index (χ4n) is 0.342. The van der Waals surface area contributed by atoms with Crippen LogP contribution in [0.3, 0.4) is 0 Å². The molecular weight excluding hydrogens is 116 g/mol. The Balaban J connectivity index is 3.16. The van der Waals surface area contributed by atoms with E-state index in [2.05, 4.69) is 11.3 Å². The molecule has 0 bridgehead atoms. The van der Waals surface area contributed by atoms with Crippen LogP contribution in [0.15, 0.2) is 12.7 Å². The summed E-state index contributed by atoms with van der Waals surface area (Å²) in [6.07, 6.45) is 2.56. The zero-order valence-electron chi connectivity index (χ0n) is 5.59. The third kappa shape index (κ3) is 5.07. The number of hydrogen-bond acceptors (Lipinski definition) is 2. The summed E-state index contributed by atoms with van der Waals surface area (Å²) in [4.78, 5) is 10.5. The van der Waals surface area contributed by atoms with Crippen LogP contribution in [0.2, 0.25) is 0 Å². The van der Waals surface area contributed by atoms with E-state index in [4.69, 9.17) is 0 Å². The van der Waals surface area contributed by atoms with Gasteiger partial charge in [0.1, 0.15) is 6.61 Å². The predicted octanol–water partition coefficient (Wildman–Crippen LogP) is 1.68. The van der Waals surface area contributed by atoms with E-state index in [1.165, 1.54) is 12.7 Å². The van der Waals surface area contributed by atoms with Gasteiger partial charge in [0, 0.05) is 0 Å². The molecule has 2 heteroatoms. The van der Waals surface area contributed by atoms with Crippen molar-refractivity contribution in [2.75, 3.05) is 0 Å². The van der Waals surface area contributed by atoms with Gasteiger partial charge in [-0.2, -0.15) is 0 Å². The predicted molar refractivity (Wildman–Crippen MR) is 35.5 cm³/mol. The van der Waals surface area contributed by atoms with E-state index in [-0.39, 0.29) is 12.4 Å². The summed E-state index contributed by atoms with van der Waals surface area (Å²) in [6, 6.07) is 0. The second-order valence-electron chi connectivity index (χ2n) is 1.56. The molecule has 0 aliphatic heterocycles. The van der Waals surface area contributed by atoms with E-state index >= 15 is 0 Å². The van der Waals surface area contributed by atoms with Gasteiger partial charge in [0.15, 0.2) is 0 Å². The third-order valence-corrected chi connectivity index (χ3v) is 0.692. The number of carbonyl (C=O) groups excluding carboxylic acids is 1. The van der Waals surface area contributed by atoms with Crippen molar-refractivity contribution in [3.05, 3.63) is 19.3 Å². The highest BCUT2D eigenvalue weighted by atomic mass is 16.5. The largest absolute Gasteiger partial charge is 0.458 e. The van der Waals surface area contributed by atoms with Gasteiger partial charge < -0.3 is 4.74 Å². The van der Waals surface area contributed by atoms with E-state index < -0.39 is 0 Å². The van der Waals surface area contributed by atoms with Gasteiger partial charge in [0.25, 0.3) is 0 Å². The van der Waals surface area contributed by atoms with E-state index in [9.17, 15) is 4.79 Å². The Hall–Kier alpha value is -0.790. The summed E-state index contributed by atoms with van der Waals surface area (Å²) in [5.41, 5.74) is 0. The van der Waals surface area contributed by atoms with Crippen molar-refractivity contribution in [2.45, 2.75) is 19.8 Å². The maximum Gasteiger partial charge on any atom is 0.310 e. The minimum atomic E-state index is -0.244. The normalized spacial score (nSPS) is 8.56. The van der Waals surface area contributed by atoms with Crippen molar-refractivity contribution in [3.8, 4) is 0 Å². The van der Waals surface area contributed by atoms with Crippen LogP contribution in [0.1, 0.15) is 19.8 Å². The molecule has 0 aliphatic carbocycles. The van der Waals surface area contributed by atoms with Crippen molar-refractivity contribution < 1.29 is 9.53 Å². The lowest BCUT2D eigenvalue weighted by Gasteiger charge is -1.96. The molecule has 0 rings (SSSR count). The second kappa shape index (κ2) is 5.35. The lowest BCUT2D eigenvalue weighted by molar-refractivity contribution is -0.139. The fourth-order valence-corrected chi connectivity index (χ4v) is 0.342. The standard InChI is InChI=1S/C7H11O2/c1-3-5-7(8)9-6-4-2/h3,6H,1,4-5H2,2H3. The van der Waals surface area contributed by atoms with Crippen LogP contribution in [0.25, 0.3) is 0 Å². The molecular formula is C7H11O2. The van der Waals surface area contributed by atoms with Crippen LogP contribution in [0.4, 0.5) is 0 Å². The summed E-state index contributed by atoms with van der Waals surface area (Å²) in [5.74, 6) is -0.244. The number of hydrogen-bond donors (Lipinski definition) is 0. The monoisotopic (exact) mass is 127 g/mol. The molecule has 0 aromatic heterocycles. The molecule has 0 aliphatic rings. The van der Waals surface area contributed by atoms with Crippen LogP contribution in [-0.4, -0.2) is 5.97 Å². The highest BCUT2D eigenvalue weighted by Crippen LogP contribution is 1.92. The topological polar surface area (TPSA) is 26.3 Å². The molecule has 9 heavy (non-hydrogen) atoms. The van der Waals surface area contributed by atoms with E-state index in [1.807, 2.05) is 6.92 Å². The van der Waals surface area contributed by atoms with Crippen molar-refractivity contribution in [2.24, 2.45) is 0 Å². The first kappa shape index (κ1) is 8.21. The maximum atomic E-state index is 10.5. The Morgan fingerprint density at radius 3 is 2.89 bits per heavy atom. The van der Waals surface area contributed by atoms with E-state index in [0.29, 0.717) is 0 Å². The third-order valence-electron chi connectivity index (χ3n) is 0.692. The molecule has 51 valence electrons. The van der Waals surface area contributed by atoms with Gasteiger partial charge in [-0.1, -0.05) is 13.0 Å². The van der Waals surface area contributed by atoms with Gasteiger partial charge in [0.2, 0.25) is 0 Å². The fraction of sp³-hybridized carbons (Fsp3) is 0.429. The quantitative estimate of drug-likeness (QED) is 0.424. The van der Waals surface area contributed by atoms with Crippen molar-refractivity contribution in [1.82, 2.24) is 0 Å². The molecule has 0 aromatic carbocycles. The Labute approximate surface area is 55.5 Å². The first-order valence-electron chi connectivity index (χ1n) is 2.93. The Kier molecular flexibility index (Phi) is 4.88. The average Bonchev–Trinajstić information content (AvgIpc) is 1.85. The summed E-state index contributed by atoms with van der Waals surface area (Å²) in [7, 11) is 0. The number of esters is 1. The molecule has 0 atom stereocenters. The molecule has 2 nitrogen and oxygen atoms in total. The summed E-state index contributed by atoms with van der Waals surface area (Å²) in [5, 5.41) is 0. The minimum absolute atomic E-state index is 0.244. The van der Waals surface area contributed by atoms with Gasteiger partial charge in [-0.25, -0.2) is 0 Å². The van der Waals surface area contributed by atoms with E-state index in [1.54, 1.807) is 0 Å². The van der Waals surface area contributed by atoms with Gasteiger partial charge in [-0.3, -0.25) is 4.79 Å². The van der Waals surface area contributed by atoms with Crippen molar-refractivity contribution in [1.29, 1.82) is 0 Å². The molecule has 0 aromatic rings. The van der Waals surface area contributed by atoms with Gasteiger partial charge in [0.05, 0.1) is 6.42 Å². The molecule has 0 unspecified atom stereocenters. The molecule has 0 N–H and O–H groups in total. The zero-order valence-corrected chi connectivity index (χ0v) is 5.59. The van der Waals surface area contributed by atoms with Crippen molar-refractivity contribution in [3.63, 3.8) is 0 Å². The van der Waals surface area contributed by atoms with Crippen LogP contribution in [0.5, 0.6) is 0 Å². The molecule has 0 saturated carbocycles. The van der Waals surface area contributed by atoms with Gasteiger partial charge in [-0.05, 0) is 6.42 Å². The molecule has 0 amide bonds. The first-order valence-corrected chi connectivity index (χ1v) is 2.93. The van der Waals surface area contributed by atoms with Crippen LogP contribution >= 0.6 is 0 Å². The van der Waals surface area contributed by atoms with Gasteiger partial charge >= 0.3 is 5.97 Å². The lowest BCUT2D eigenvalue weighted by atomic mass is 10.4. The average molecular weight is 127 g/mol. The smallest absolute Gasteiger partial charge is 0.310 e. The second-order valence-corrected chi connectivity index (χ2v) is 1.56. The van der Waals surface area contributed by atoms with Crippen LogP contribution < -0.4 is 0 Å². The summed E-state index contributed by atoms with van der Waals surface area (Å²) < 4.78 is 4.60. The van der Waals surface area contributed by atoms with E-state index in [0.717, 1.165) is 6.42 Å². The Morgan fingerprint density at radius 1 is 1.78 bits per heavy atom. The highest BCUT2D eigenvalue weighted by molar-refractivity contribution is 5.71. The SMILES string of the molecule is C=CCC(=O)O[CH]CC. The minimum Gasteiger partial charge on any atom is -0.458 e. The van der Waals surface area contributed by atoms with Crippen LogP contribution in [0, 0.1) is 6.61 Å².